The Bertz CT molecular complexity index is 126. The molecule has 2 heteroatoms. The Morgan fingerprint density at radius 2 is 2.00 bits per heavy atom. The summed E-state index contributed by atoms with van der Waals surface area (Å²) in [6.07, 6.45) is 8.44. The van der Waals surface area contributed by atoms with Crippen molar-refractivity contribution >= 4 is 0 Å². The average Bonchev–Trinajstić information content (AvgIpc) is 2.20. The van der Waals surface area contributed by atoms with Gasteiger partial charge in [0.1, 0.15) is 0 Å². The molecule has 1 unspecified atom stereocenters. The van der Waals surface area contributed by atoms with Gasteiger partial charge in [0.05, 0.1) is 12.2 Å². The highest BCUT2D eigenvalue weighted by Gasteiger charge is 2.17. The van der Waals surface area contributed by atoms with Crippen LogP contribution in [-0.4, -0.2) is 25.3 Å². The van der Waals surface area contributed by atoms with E-state index < -0.39 is 0 Å². The Balaban J connectivity index is 2.21. The lowest BCUT2D eigenvalue weighted by Gasteiger charge is -2.28. The Morgan fingerprint density at radius 1 is 1.29 bits per heavy atom. The van der Waals surface area contributed by atoms with E-state index in [2.05, 4.69) is 19.2 Å². The fraction of sp³-hybridized carbons (Fsp3) is 1.00. The Morgan fingerprint density at radius 3 is 2.50 bits per heavy atom. The van der Waals surface area contributed by atoms with E-state index in [1.165, 1.54) is 45.1 Å². The Kier molecular flexibility index (Phi) is 6.20. The van der Waals surface area contributed by atoms with E-state index in [0.717, 1.165) is 6.54 Å². The van der Waals surface area contributed by atoms with Gasteiger partial charge in [0, 0.05) is 6.54 Å². The van der Waals surface area contributed by atoms with Gasteiger partial charge in [-0.2, -0.15) is 0 Å². The van der Waals surface area contributed by atoms with Crippen molar-refractivity contribution in [3.63, 3.8) is 0 Å². The van der Waals surface area contributed by atoms with Crippen LogP contribution in [-0.2, 0) is 4.74 Å². The molecule has 2 nitrogen and oxygen atoms in total. The SMILES string of the molecule is CCCC(CCC)OC1CCCNC1. The van der Waals surface area contributed by atoms with Crippen LogP contribution in [0.15, 0.2) is 0 Å². The molecule has 1 atom stereocenters. The minimum absolute atomic E-state index is 0.479. The third kappa shape index (κ3) is 4.43. The largest absolute Gasteiger partial charge is 0.374 e. The third-order valence-corrected chi connectivity index (χ3v) is 2.86. The number of ether oxygens (including phenoxy) is 1. The molecule has 0 radical (unpaired) electrons. The third-order valence-electron chi connectivity index (χ3n) is 2.86. The number of piperidine rings is 1. The molecular weight excluding hydrogens is 174 g/mol. The number of hydrogen-bond acceptors (Lipinski definition) is 2. The van der Waals surface area contributed by atoms with Crippen LogP contribution in [0.1, 0.15) is 52.4 Å². The molecule has 1 rings (SSSR count). The minimum atomic E-state index is 0.479. The van der Waals surface area contributed by atoms with Gasteiger partial charge in [0.15, 0.2) is 0 Å². The molecule has 1 N–H and O–H groups in total. The molecule has 1 fully saturated rings. The monoisotopic (exact) mass is 199 g/mol. The summed E-state index contributed by atoms with van der Waals surface area (Å²) >= 11 is 0. The van der Waals surface area contributed by atoms with Crippen LogP contribution in [0.4, 0.5) is 0 Å². The second-order valence-corrected chi connectivity index (χ2v) is 4.30. The summed E-state index contributed by atoms with van der Waals surface area (Å²) in [6.45, 7) is 6.71. The maximum Gasteiger partial charge on any atom is 0.0703 e. The number of nitrogens with one attached hydrogen (secondary N) is 1. The molecule has 0 aliphatic carbocycles. The zero-order valence-corrected chi connectivity index (χ0v) is 9.72. The Labute approximate surface area is 88.4 Å². The van der Waals surface area contributed by atoms with Crippen molar-refractivity contribution in [3.05, 3.63) is 0 Å². The molecule has 1 saturated heterocycles. The molecule has 0 saturated carbocycles. The standard InChI is InChI=1S/C12H25NO/c1-3-6-11(7-4-2)14-12-8-5-9-13-10-12/h11-13H,3-10H2,1-2H3. The molecule has 0 amide bonds. The smallest absolute Gasteiger partial charge is 0.0703 e. The van der Waals surface area contributed by atoms with Gasteiger partial charge >= 0.3 is 0 Å². The maximum absolute atomic E-state index is 6.11. The Hall–Kier alpha value is -0.0800. The van der Waals surface area contributed by atoms with Crippen LogP contribution in [0.2, 0.25) is 0 Å². The van der Waals surface area contributed by atoms with Gasteiger partial charge in [-0.15, -0.1) is 0 Å². The van der Waals surface area contributed by atoms with Crippen molar-refractivity contribution in [2.75, 3.05) is 13.1 Å². The van der Waals surface area contributed by atoms with Crippen LogP contribution in [0.25, 0.3) is 0 Å². The van der Waals surface area contributed by atoms with Crippen LogP contribution in [0.3, 0.4) is 0 Å². The minimum Gasteiger partial charge on any atom is -0.374 e. The number of rotatable bonds is 6. The fourth-order valence-corrected chi connectivity index (χ4v) is 2.13. The fourth-order valence-electron chi connectivity index (χ4n) is 2.13. The van der Waals surface area contributed by atoms with Crippen molar-refractivity contribution < 1.29 is 4.74 Å². The lowest BCUT2D eigenvalue weighted by Crippen LogP contribution is -2.37. The van der Waals surface area contributed by atoms with Crippen molar-refractivity contribution in [2.45, 2.75) is 64.6 Å². The molecule has 0 aromatic heterocycles. The zero-order valence-electron chi connectivity index (χ0n) is 9.72. The van der Waals surface area contributed by atoms with Gasteiger partial charge in [0.25, 0.3) is 0 Å². The topological polar surface area (TPSA) is 21.3 Å². The van der Waals surface area contributed by atoms with E-state index in [4.69, 9.17) is 4.74 Å². The second kappa shape index (κ2) is 7.24. The van der Waals surface area contributed by atoms with Gasteiger partial charge in [-0.3, -0.25) is 0 Å². The molecule has 1 heterocycles. The molecule has 0 spiro atoms. The molecule has 14 heavy (non-hydrogen) atoms. The van der Waals surface area contributed by atoms with E-state index in [1.54, 1.807) is 0 Å². The normalized spacial score (nSPS) is 22.9. The quantitative estimate of drug-likeness (QED) is 0.710. The first kappa shape index (κ1) is 12.0. The number of hydrogen-bond donors (Lipinski definition) is 1. The summed E-state index contributed by atoms with van der Waals surface area (Å²) in [5.41, 5.74) is 0. The molecule has 1 aliphatic heterocycles. The van der Waals surface area contributed by atoms with Crippen LogP contribution < -0.4 is 5.32 Å². The van der Waals surface area contributed by atoms with E-state index in [0.29, 0.717) is 12.2 Å². The summed E-state index contributed by atoms with van der Waals surface area (Å²) in [5.74, 6) is 0. The summed E-state index contributed by atoms with van der Waals surface area (Å²) < 4.78 is 6.11. The van der Waals surface area contributed by atoms with Gasteiger partial charge in [-0.05, 0) is 32.2 Å². The predicted molar refractivity (Wildman–Crippen MR) is 60.6 cm³/mol. The van der Waals surface area contributed by atoms with Gasteiger partial charge in [0.2, 0.25) is 0 Å². The van der Waals surface area contributed by atoms with Gasteiger partial charge < -0.3 is 10.1 Å². The lowest BCUT2D eigenvalue weighted by atomic mass is 10.1. The summed E-state index contributed by atoms with van der Waals surface area (Å²) in [5, 5.41) is 3.40. The first-order valence-electron chi connectivity index (χ1n) is 6.23. The van der Waals surface area contributed by atoms with Gasteiger partial charge in [-0.25, -0.2) is 0 Å². The van der Waals surface area contributed by atoms with E-state index in [9.17, 15) is 0 Å². The molecule has 0 bridgehead atoms. The van der Waals surface area contributed by atoms with Crippen LogP contribution in [0, 0.1) is 0 Å². The van der Waals surface area contributed by atoms with E-state index >= 15 is 0 Å². The van der Waals surface area contributed by atoms with Crippen LogP contribution >= 0.6 is 0 Å². The first-order valence-corrected chi connectivity index (χ1v) is 6.23. The second-order valence-electron chi connectivity index (χ2n) is 4.30. The summed E-state index contributed by atoms with van der Waals surface area (Å²) in [7, 11) is 0. The lowest BCUT2D eigenvalue weighted by molar-refractivity contribution is -0.0308. The van der Waals surface area contributed by atoms with Gasteiger partial charge in [-0.1, -0.05) is 26.7 Å². The highest BCUT2D eigenvalue weighted by Crippen LogP contribution is 2.15. The molecule has 0 aromatic carbocycles. The molecule has 0 aromatic rings. The van der Waals surface area contributed by atoms with Crippen molar-refractivity contribution in [1.82, 2.24) is 5.32 Å². The maximum atomic E-state index is 6.11. The van der Waals surface area contributed by atoms with Crippen LogP contribution in [0.5, 0.6) is 0 Å². The summed E-state index contributed by atoms with van der Waals surface area (Å²) in [4.78, 5) is 0. The van der Waals surface area contributed by atoms with Crippen molar-refractivity contribution in [3.8, 4) is 0 Å². The molecular formula is C12H25NO. The zero-order chi connectivity index (χ0) is 10.2. The highest BCUT2D eigenvalue weighted by atomic mass is 16.5. The highest BCUT2D eigenvalue weighted by molar-refractivity contribution is 4.71. The van der Waals surface area contributed by atoms with Crippen molar-refractivity contribution in [2.24, 2.45) is 0 Å². The van der Waals surface area contributed by atoms with E-state index in [1.807, 2.05) is 0 Å². The van der Waals surface area contributed by atoms with E-state index in [-0.39, 0.29) is 0 Å². The predicted octanol–water partition coefficient (Wildman–Crippen LogP) is 2.72. The molecule has 1 aliphatic rings. The average molecular weight is 199 g/mol. The van der Waals surface area contributed by atoms with Crippen molar-refractivity contribution in [1.29, 1.82) is 0 Å². The summed E-state index contributed by atoms with van der Waals surface area (Å²) in [6, 6.07) is 0. The molecule has 84 valence electrons. The first-order chi connectivity index (χ1) is 6.86.